The average Bonchev–Trinajstić information content (AvgIpc) is 4.00. The van der Waals surface area contributed by atoms with Gasteiger partial charge in [0, 0.05) is 46.2 Å². The SMILES string of the molecule is CC(C)(C)c1ccnc(-n2c3c4c5c(cc(Oc6cccc(N7CN(c8c(-c9ccccc9)cccc8-c8ccccc8)c8ccccc87)c6)cc52)P(c2ccccc2)C4CC=C3)c1. The highest BCUT2D eigenvalue weighted by atomic mass is 31.1. The summed E-state index contributed by atoms with van der Waals surface area (Å²) in [5, 5.41) is 4.15. The number of nitrogens with zero attached hydrogens (tertiary/aromatic N) is 4. The Kier molecular flexibility index (Phi) is 9.17. The summed E-state index contributed by atoms with van der Waals surface area (Å²) in [6, 6.07) is 65.7. The van der Waals surface area contributed by atoms with Crippen LogP contribution in [0.15, 0.2) is 194 Å². The van der Waals surface area contributed by atoms with Gasteiger partial charge in [-0.15, -0.1) is 0 Å². The van der Waals surface area contributed by atoms with E-state index in [1.54, 1.807) is 0 Å². The van der Waals surface area contributed by atoms with Crippen LogP contribution < -0.4 is 25.1 Å². The van der Waals surface area contributed by atoms with Crippen molar-refractivity contribution in [2.45, 2.75) is 38.3 Å². The lowest BCUT2D eigenvalue weighted by Gasteiger charge is -2.27. The van der Waals surface area contributed by atoms with Crippen molar-refractivity contribution in [1.82, 2.24) is 9.55 Å². The largest absolute Gasteiger partial charge is 0.457 e. The Labute approximate surface area is 376 Å². The third kappa shape index (κ3) is 6.37. The molecule has 0 bridgehead atoms. The molecular formula is C58H47N4OP. The molecule has 2 atom stereocenters. The molecule has 4 heterocycles. The van der Waals surface area contributed by atoms with Gasteiger partial charge in [0.25, 0.3) is 0 Å². The van der Waals surface area contributed by atoms with Gasteiger partial charge in [-0.2, -0.15) is 0 Å². The number of para-hydroxylation sites is 3. The van der Waals surface area contributed by atoms with Crippen LogP contribution >= 0.6 is 7.92 Å². The van der Waals surface area contributed by atoms with Gasteiger partial charge < -0.3 is 14.5 Å². The van der Waals surface area contributed by atoms with Gasteiger partial charge in [-0.05, 0) is 101 Å². The van der Waals surface area contributed by atoms with E-state index >= 15 is 0 Å². The summed E-state index contributed by atoms with van der Waals surface area (Å²) in [7, 11) is -0.662. The van der Waals surface area contributed by atoms with Gasteiger partial charge in [0.2, 0.25) is 0 Å². The van der Waals surface area contributed by atoms with Crippen LogP contribution in [0.5, 0.6) is 11.5 Å². The monoisotopic (exact) mass is 846 g/mol. The summed E-state index contributed by atoms with van der Waals surface area (Å²) < 4.78 is 9.46. The van der Waals surface area contributed by atoms with E-state index in [1.807, 2.05) is 6.20 Å². The summed E-state index contributed by atoms with van der Waals surface area (Å²) in [5.74, 6) is 2.58. The van der Waals surface area contributed by atoms with E-state index in [9.17, 15) is 0 Å². The van der Waals surface area contributed by atoms with E-state index < -0.39 is 7.92 Å². The normalized spacial score (nSPS) is 16.1. The molecule has 7 aromatic carbocycles. The van der Waals surface area contributed by atoms with E-state index in [4.69, 9.17) is 9.72 Å². The smallest absolute Gasteiger partial charge is 0.137 e. The first-order valence-corrected chi connectivity index (χ1v) is 23.7. The molecular weight excluding hydrogens is 800 g/mol. The van der Waals surface area contributed by atoms with E-state index in [0.29, 0.717) is 12.3 Å². The molecule has 3 aliphatic rings. The highest BCUT2D eigenvalue weighted by Crippen LogP contribution is 2.63. The van der Waals surface area contributed by atoms with Crippen molar-refractivity contribution >= 4 is 58.3 Å². The third-order valence-electron chi connectivity index (χ3n) is 13.1. The Morgan fingerprint density at radius 1 is 0.625 bits per heavy atom. The van der Waals surface area contributed by atoms with Crippen molar-refractivity contribution in [3.63, 3.8) is 0 Å². The van der Waals surface area contributed by atoms with Crippen LogP contribution in [-0.2, 0) is 5.41 Å². The van der Waals surface area contributed by atoms with Crippen molar-refractivity contribution in [1.29, 1.82) is 0 Å². The zero-order chi connectivity index (χ0) is 42.9. The van der Waals surface area contributed by atoms with Crippen LogP contribution in [0.3, 0.4) is 0 Å². The predicted octanol–water partition coefficient (Wildman–Crippen LogP) is 14.6. The van der Waals surface area contributed by atoms with Crippen LogP contribution in [0.1, 0.15) is 49.7 Å². The number of hydrogen-bond acceptors (Lipinski definition) is 4. The maximum Gasteiger partial charge on any atom is 0.137 e. The second-order valence-electron chi connectivity index (χ2n) is 18.0. The Morgan fingerprint density at radius 2 is 1.28 bits per heavy atom. The van der Waals surface area contributed by atoms with Crippen molar-refractivity contribution in [2.24, 2.45) is 0 Å². The maximum absolute atomic E-state index is 7.07. The fraction of sp³-hybridized carbons (Fsp3) is 0.121. The first kappa shape index (κ1) is 38.5. The lowest BCUT2D eigenvalue weighted by Crippen LogP contribution is -2.25. The second kappa shape index (κ2) is 15.3. The molecule has 0 fully saturated rings. The lowest BCUT2D eigenvalue weighted by molar-refractivity contribution is 0.484. The molecule has 12 rings (SSSR count). The molecule has 5 nitrogen and oxygen atoms in total. The van der Waals surface area contributed by atoms with E-state index in [1.165, 1.54) is 66.4 Å². The summed E-state index contributed by atoms with van der Waals surface area (Å²) in [5.41, 5.74) is 14.9. The van der Waals surface area contributed by atoms with E-state index in [0.717, 1.165) is 40.6 Å². The Hall–Kier alpha value is -7.20. The molecule has 0 saturated heterocycles. The van der Waals surface area contributed by atoms with Gasteiger partial charge in [0.1, 0.15) is 24.0 Å². The number of fused-ring (bicyclic) bond motifs is 1. The second-order valence-corrected chi connectivity index (χ2v) is 20.4. The fourth-order valence-corrected chi connectivity index (χ4v) is 13.2. The van der Waals surface area contributed by atoms with Gasteiger partial charge in [0.15, 0.2) is 0 Å². The molecule has 310 valence electrons. The standard InChI is InChI=1S/C58H47N4OP/c1-58(2,3)41-32-33-59-54(34-41)62-50-30-17-31-52-55(50)56-51(62)36-44(37-53(56)64(52)45-24-11-6-12-25-45)63-43-23-15-22-42(35-43)60-38-61(49-29-14-13-28-48(49)60)57-46(39-18-7-4-8-19-39)26-16-27-47(57)40-20-9-5-10-21-40/h4-30,32-37,52H,31,38H2,1-3H3. The van der Waals surface area contributed by atoms with Gasteiger partial charge in [-0.1, -0.05) is 154 Å². The lowest BCUT2D eigenvalue weighted by atomic mass is 9.88. The minimum atomic E-state index is -0.662. The molecule has 64 heavy (non-hydrogen) atoms. The van der Waals surface area contributed by atoms with Crippen molar-refractivity contribution in [3.05, 3.63) is 211 Å². The number of ether oxygens (including phenoxy) is 1. The Bertz CT molecular complexity index is 3200. The molecule has 0 radical (unpaired) electrons. The molecule has 0 N–H and O–H groups in total. The molecule has 2 aliphatic heterocycles. The highest BCUT2D eigenvalue weighted by Gasteiger charge is 2.41. The molecule has 2 unspecified atom stereocenters. The quantitative estimate of drug-likeness (QED) is 0.143. The Morgan fingerprint density at radius 3 is 1.98 bits per heavy atom. The number of hydrogen-bond donors (Lipinski definition) is 0. The minimum absolute atomic E-state index is 0.00935. The summed E-state index contributed by atoms with van der Waals surface area (Å²) in [6.45, 7) is 7.44. The molecule has 9 aromatic rings. The van der Waals surface area contributed by atoms with Crippen LogP contribution in [0.25, 0.3) is 45.1 Å². The number of allylic oxidation sites excluding steroid dienone is 1. The van der Waals surface area contributed by atoms with Crippen molar-refractivity contribution in [2.75, 3.05) is 16.5 Å². The first-order valence-electron chi connectivity index (χ1n) is 22.2. The van der Waals surface area contributed by atoms with Crippen molar-refractivity contribution < 1.29 is 4.74 Å². The van der Waals surface area contributed by atoms with Gasteiger partial charge >= 0.3 is 0 Å². The number of benzene rings is 7. The molecule has 2 aromatic heterocycles. The molecule has 6 heteroatoms. The van der Waals surface area contributed by atoms with Crippen LogP contribution in [0, 0.1) is 0 Å². The topological polar surface area (TPSA) is 33.5 Å². The van der Waals surface area contributed by atoms with Gasteiger partial charge in [0.05, 0.1) is 28.3 Å². The highest BCUT2D eigenvalue weighted by molar-refractivity contribution is 7.74. The zero-order valence-corrected chi connectivity index (χ0v) is 37.1. The molecule has 0 amide bonds. The van der Waals surface area contributed by atoms with E-state index in [-0.39, 0.29) is 5.41 Å². The molecule has 1 aliphatic carbocycles. The molecule has 0 saturated carbocycles. The Balaban J connectivity index is 0.964. The van der Waals surface area contributed by atoms with Gasteiger partial charge in [-0.25, -0.2) is 4.98 Å². The van der Waals surface area contributed by atoms with Crippen LogP contribution in [0.4, 0.5) is 22.7 Å². The number of aromatic nitrogens is 2. The van der Waals surface area contributed by atoms with Gasteiger partial charge in [-0.3, -0.25) is 4.57 Å². The van der Waals surface area contributed by atoms with Crippen LogP contribution in [-0.4, -0.2) is 16.2 Å². The number of anilines is 4. The summed E-state index contributed by atoms with van der Waals surface area (Å²) in [6.07, 6.45) is 7.69. The number of rotatable bonds is 8. The minimum Gasteiger partial charge on any atom is -0.457 e. The maximum atomic E-state index is 7.07. The van der Waals surface area contributed by atoms with Crippen LogP contribution in [0.2, 0.25) is 0 Å². The predicted molar refractivity (Wildman–Crippen MR) is 268 cm³/mol. The molecule has 0 spiro atoms. The summed E-state index contributed by atoms with van der Waals surface area (Å²) >= 11 is 0. The summed E-state index contributed by atoms with van der Waals surface area (Å²) in [4.78, 5) is 9.92. The average molecular weight is 847 g/mol. The number of pyridine rings is 1. The fourth-order valence-electron chi connectivity index (χ4n) is 10.2. The zero-order valence-electron chi connectivity index (χ0n) is 36.2. The first-order chi connectivity index (χ1) is 31.4. The van der Waals surface area contributed by atoms with E-state index in [2.05, 4.69) is 229 Å². The van der Waals surface area contributed by atoms with Crippen molar-refractivity contribution in [3.8, 4) is 39.6 Å². The third-order valence-corrected chi connectivity index (χ3v) is 15.9.